The summed E-state index contributed by atoms with van der Waals surface area (Å²) in [6.07, 6.45) is 7.21. The average Bonchev–Trinajstić information content (AvgIpc) is 3.18. The molecular weight excluding hydrogens is 276 g/mol. The number of rotatable bonds is 6. The Balaban J connectivity index is 1.50. The smallest absolute Gasteiger partial charge is 0.222 e. The van der Waals surface area contributed by atoms with Crippen LogP contribution < -0.4 is 5.32 Å². The van der Waals surface area contributed by atoms with Gasteiger partial charge in [0.05, 0.1) is 6.33 Å². The summed E-state index contributed by atoms with van der Waals surface area (Å²) >= 11 is 0. The first kappa shape index (κ1) is 14.8. The molecule has 1 aromatic heterocycles. The second kappa shape index (κ2) is 6.75. The zero-order valence-electron chi connectivity index (χ0n) is 12.9. The van der Waals surface area contributed by atoms with Crippen LogP contribution >= 0.6 is 0 Å². The van der Waals surface area contributed by atoms with Gasteiger partial charge < -0.3 is 14.8 Å². The number of carbonyl (C=O) groups excluding carboxylic acids is 1. The van der Waals surface area contributed by atoms with Gasteiger partial charge in [0, 0.05) is 50.2 Å². The third-order valence-electron chi connectivity index (χ3n) is 4.06. The number of nitrogens with one attached hydrogen (secondary N) is 1. The summed E-state index contributed by atoms with van der Waals surface area (Å²) in [5.74, 6) is 0.290. The minimum absolute atomic E-state index is 0.290. The van der Waals surface area contributed by atoms with Crippen LogP contribution in [0, 0.1) is 0 Å². The standard InChI is InChI=1S/C17H22N4O/c1-14(12-20-9-2-3-17(20)22)19-11-15-4-6-16(7-5-15)21-10-8-18-13-21/h4-8,10,13-14,19H,2-3,9,11-12H2,1H3. The van der Waals surface area contributed by atoms with Gasteiger partial charge in [0.1, 0.15) is 0 Å². The zero-order chi connectivity index (χ0) is 15.4. The molecular formula is C17H22N4O. The number of carbonyl (C=O) groups is 1. The lowest BCUT2D eigenvalue weighted by Crippen LogP contribution is -2.39. The van der Waals surface area contributed by atoms with Crippen molar-refractivity contribution in [3.05, 3.63) is 48.5 Å². The van der Waals surface area contributed by atoms with Crippen molar-refractivity contribution in [2.45, 2.75) is 32.4 Å². The Bertz CT molecular complexity index is 606. The lowest BCUT2D eigenvalue weighted by Gasteiger charge is -2.21. The molecule has 1 unspecified atom stereocenters. The molecule has 0 bridgehead atoms. The van der Waals surface area contributed by atoms with Crippen molar-refractivity contribution in [2.24, 2.45) is 0 Å². The number of amides is 1. The van der Waals surface area contributed by atoms with Crippen LogP contribution in [0.15, 0.2) is 43.0 Å². The maximum Gasteiger partial charge on any atom is 0.222 e. The largest absolute Gasteiger partial charge is 0.341 e. The van der Waals surface area contributed by atoms with Crippen LogP contribution in [0.2, 0.25) is 0 Å². The molecule has 3 rings (SSSR count). The highest BCUT2D eigenvalue weighted by atomic mass is 16.2. The number of imidazole rings is 1. The Kier molecular flexibility index (Phi) is 4.53. The van der Waals surface area contributed by atoms with E-state index in [0.29, 0.717) is 18.4 Å². The van der Waals surface area contributed by atoms with Gasteiger partial charge in [-0.1, -0.05) is 12.1 Å². The van der Waals surface area contributed by atoms with Gasteiger partial charge in [0.2, 0.25) is 5.91 Å². The molecule has 2 aromatic rings. The molecule has 1 N–H and O–H groups in total. The van der Waals surface area contributed by atoms with E-state index < -0.39 is 0 Å². The van der Waals surface area contributed by atoms with Gasteiger partial charge in [0.25, 0.3) is 0 Å². The molecule has 0 aliphatic carbocycles. The SMILES string of the molecule is CC(CN1CCCC1=O)NCc1ccc(-n2ccnc2)cc1. The first-order valence-electron chi connectivity index (χ1n) is 7.81. The molecule has 1 aliphatic heterocycles. The minimum Gasteiger partial charge on any atom is -0.341 e. The summed E-state index contributed by atoms with van der Waals surface area (Å²) in [5.41, 5.74) is 2.35. The summed E-state index contributed by atoms with van der Waals surface area (Å²) in [6.45, 7) is 4.65. The number of benzene rings is 1. The Morgan fingerprint density at radius 3 is 2.77 bits per heavy atom. The van der Waals surface area contributed by atoms with E-state index in [-0.39, 0.29) is 0 Å². The van der Waals surface area contributed by atoms with Crippen LogP contribution in [0.4, 0.5) is 0 Å². The number of nitrogens with zero attached hydrogens (tertiary/aromatic N) is 3. The second-order valence-corrected chi connectivity index (χ2v) is 5.86. The zero-order valence-corrected chi connectivity index (χ0v) is 12.9. The van der Waals surface area contributed by atoms with E-state index in [1.165, 1.54) is 5.56 Å². The maximum atomic E-state index is 11.6. The van der Waals surface area contributed by atoms with E-state index in [0.717, 1.165) is 31.7 Å². The van der Waals surface area contributed by atoms with Crippen molar-refractivity contribution >= 4 is 5.91 Å². The van der Waals surface area contributed by atoms with Crippen LogP contribution in [0.1, 0.15) is 25.3 Å². The molecule has 5 nitrogen and oxygen atoms in total. The van der Waals surface area contributed by atoms with Gasteiger partial charge >= 0.3 is 0 Å². The number of hydrogen-bond acceptors (Lipinski definition) is 3. The third kappa shape index (κ3) is 3.54. The molecule has 1 aliphatic rings. The third-order valence-corrected chi connectivity index (χ3v) is 4.06. The molecule has 2 heterocycles. The van der Waals surface area contributed by atoms with Gasteiger partial charge in [-0.3, -0.25) is 4.79 Å². The molecule has 1 atom stereocenters. The molecule has 0 spiro atoms. The van der Waals surface area contributed by atoms with Crippen molar-refractivity contribution in [1.29, 1.82) is 0 Å². The fourth-order valence-electron chi connectivity index (χ4n) is 2.78. The average molecular weight is 298 g/mol. The van der Waals surface area contributed by atoms with Crippen molar-refractivity contribution < 1.29 is 4.79 Å². The summed E-state index contributed by atoms with van der Waals surface area (Å²) in [5, 5.41) is 3.49. The number of hydrogen-bond donors (Lipinski definition) is 1. The Hall–Kier alpha value is -2.14. The van der Waals surface area contributed by atoms with Crippen molar-refractivity contribution in [2.75, 3.05) is 13.1 Å². The van der Waals surface area contributed by atoms with Gasteiger partial charge in [-0.25, -0.2) is 4.98 Å². The minimum atomic E-state index is 0.290. The molecule has 22 heavy (non-hydrogen) atoms. The van der Waals surface area contributed by atoms with Gasteiger partial charge in [-0.05, 0) is 31.0 Å². The molecule has 116 valence electrons. The molecule has 1 fully saturated rings. The summed E-state index contributed by atoms with van der Waals surface area (Å²) < 4.78 is 1.98. The molecule has 1 aromatic carbocycles. The molecule has 0 saturated carbocycles. The topological polar surface area (TPSA) is 50.2 Å². The van der Waals surface area contributed by atoms with Crippen molar-refractivity contribution in [1.82, 2.24) is 19.8 Å². The molecule has 5 heteroatoms. The fourth-order valence-corrected chi connectivity index (χ4v) is 2.78. The van der Waals surface area contributed by atoms with E-state index in [1.807, 2.05) is 15.7 Å². The number of likely N-dealkylation sites (tertiary alicyclic amines) is 1. The van der Waals surface area contributed by atoms with Crippen LogP contribution in [0.5, 0.6) is 0 Å². The summed E-state index contributed by atoms with van der Waals surface area (Å²) in [4.78, 5) is 17.6. The van der Waals surface area contributed by atoms with E-state index in [9.17, 15) is 4.79 Å². The van der Waals surface area contributed by atoms with E-state index in [4.69, 9.17) is 0 Å². The quantitative estimate of drug-likeness (QED) is 0.887. The maximum absolute atomic E-state index is 11.6. The summed E-state index contributed by atoms with van der Waals surface area (Å²) in [7, 11) is 0. The Morgan fingerprint density at radius 2 is 2.14 bits per heavy atom. The van der Waals surface area contributed by atoms with Gasteiger partial charge in [-0.15, -0.1) is 0 Å². The molecule has 1 amide bonds. The Labute approximate surface area is 131 Å². The normalized spacial score (nSPS) is 16.2. The van der Waals surface area contributed by atoms with Crippen LogP contribution in [0.3, 0.4) is 0 Å². The fraction of sp³-hybridized carbons (Fsp3) is 0.412. The first-order valence-corrected chi connectivity index (χ1v) is 7.81. The predicted octanol–water partition coefficient (Wildman–Crippen LogP) is 1.97. The lowest BCUT2D eigenvalue weighted by molar-refractivity contribution is -0.127. The van der Waals surface area contributed by atoms with E-state index in [1.54, 1.807) is 12.5 Å². The highest BCUT2D eigenvalue weighted by molar-refractivity contribution is 5.78. The second-order valence-electron chi connectivity index (χ2n) is 5.86. The predicted molar refractivity (Wildman–Crippen MR) is 85.7 cm³/mol. The van der Waals surface area contributed by atoms with Crippen molar-refractivity contribution in [3.8, 4) is 5.69 Å². The van der Waals surface area contributed by atoms with E-state index in [2.05, 4.69) is 41.5 Å². The lowest BCUT2D eigenvalue weighted by atomic mass is 10.2. The first-order chi connectivity index (χ1) is 10.7. The monoisotopic (exact) mass is 298 g/mol. The van der Waals surface area contributed by atoms with Gasteiger partial charge in [0.15, 0.2) is 0 Å². The molecule has 0 radical (unpaired) electrons. The van der Waals surface area contributed by atoms with Crippen LogP contribution in [0.25, 0.3) is 5.69 Å². The summed E-state index contributed by atoms with van der Waals surface area (Å²) in [6, 6.07) is 8.72. The van der Waals surface area contributed by atoms with Crippen molar-refractivity contribution in [3.63, 3.8) is 0 Å². The highest BCUT2D eigenvalue weighted by Crippen LogP contribution is 2.11. The Morgan fingerprint density at radius 1 is 1.32 bits per heavy atom. The highest BCUT2D eigenvalue weighted by Gasteiger charge is 2.21. The van der Waals surface area contributed by atoms with Crippen LogP contribution in [-0.2, 0) is 11.3 Å². The molecule has 1 saturated heterocycles. The van der Waals surface area contributed by atoms with E-state index >= 15 is 0 Å². The van der Waals surface area contributed by atoms with Crippen LogP contribution in [-0.4, -0.2) is 39.5 Å². The van der Waals surface area contributed by atoms with Gasteiger partial charge in [-0.2, -0.15) is 0 Å². The number of aromatic nitrogens is 2.